The van der Waals surface area contributed by atoms with E-state index in [0.29, 0.717) is 6.42 Å². The van der Waals surface area contributed by atoms with E-state index in [4.69, 9.17) is 0 Å². The van der Waals surface area contributed by atoms with Crippen LogP contribution in [-0.2, 0) is 11.8 Å². The molecule has 0 bridgehead atoms. The Labute approximate surface area is 106 Å². The van der Waals surface area contributed by atoms with Crippen molar-refractivity contribution in [3.05, 3.63) is 42.1 Å². The minimum absolute atomic E-state index is 0.500. The van der Waals surface area contributed by atoms with Crippen molar-refractivity contribution in [2.75, 3.05) is 0 Å². The lowest BCUT2D eigenvalue weighted by atomic mass is 10.0. The highest BCUT2D eigenvalue weighted by Crippen LogP contribution is 2.25. The fourth-order valence-corrected chi connectivity index (χ4v) is 2.07. The van der Waals surface area contributed by atoms with E-state index in [1.807, 2.05) is 43.3 Å². The Bertz CT molecular complexity index is 546. The predicted octanol–water partition coefficient (Wildman–Crippen LogP) is 2.67. The zero-order chi connectivity index (χ0) is 13.1. The molecular weight excluding hydrogens is 228 g/mol. The Morgan fingerprint density at radius 2 is 2.06 bits per heavy atom. The number of carbonyl (C=O) groups is 1. The Morgan fingerprint density at radius 3 is 2.61 bits per heavy atom. The summed E-state index contributed by atoms with van der Waals surface area (Å²) in [5.41, 5.74) is 2.55. The lowest BCUT2D eigenvalue weighted by Crippen LogP contribution is -2.14. The monoisotopic (exact) mass is 244 g/mol. The molecule has 2 rings (SSSR count). The first-order valence-corrected chi connectivity index (χ1v) is 5.95. The largest absolute Gasteiger partial charge is 0.481 e. The molecule has 0 saturated carbocycles. The zero-order valence-corrected chi connectivity index (χ0v) is 10.5. The second-order valence-corrected chi connectivity index (χ2v) is 4.24. The fourth-order valence-electron chi connectivity index (χ4n) is 2.07. The number of hydrogen-bond donors (Lipinski definition) is 1. The average molecular weight is 244 g/mol. The molecule has 0 saturated heterocycles. The zero-order valence-electron chi connectivity index (χ0n) is 10.5. The molecule has 2 aromatic rings. The number of rotatable bonds is 4. The number of benzene rings is 1. The number of hydrogen-bond acceptors (Lipinski definition) is 2. The number of aliphatic carboxylic acids is 1. The smallest absolute Gasteiger partial charge is 0.312 e. The first kappa shape index (κ1) is 12.4. The van der Waals surface area contributed by atoms with Crippen LogP contribution >= 0.6 is 0 Å². The van der Waals surface area contributed by atoms with E-state index >= 15 is 0 Å². The van der Waals surface area contributed by atoms with Crippen LogP contribution < -0.4 is 0 Å². The molecule has 1 atom stereocenters. The highest BCUT2D eigenvalue weighted by molar-refractivity contribution is 5.76. The van der Waals surface area contributed by atoms with Crippen molar-refractivity contribution in [3.8, 4) is 11.3 Å². The van der Waals surface area contributed by atoms with Crippen molar-refractivity contribution < 1.29 is 9.90 Å². The summed E-state index contributed by atoms with van der Waals surface area (Å²) in [6.45, 7) is 1.87. The third kappa shape index (κ3) is 2.27. The van der Waals surface area contributed by atoms with Gasteiger partial charge in [0, 0.05) is 12.6 Å². The van der Waals surface area contributed by atoms with Crippen LogP contribution in [-0.4, -0.2) is 20.9 Å². The summed E-state index contributed by atoms with van der Waals surface area (Å²) >= 11 is 0. The van der Waals surface area contributed by atoms with E-state index in [2.05, 4.69) is 5.10 Å². The number of aryl methyl sites for hydroxylation is 1. The molecule has 1 aromatic carbocycles. The molecular formula is C14H16N2O2. The van der Waals surface area contributed by atoms with Gasteiger partial charge in [-0.2, -0.15) is 5.10 Å². The molecule has 94 valence electrons. The van der Waals surface area contributed by atoms with Crippen LogP contribution in [0.3, 0.4) is 0 Å². The van der Waals surface area contributed by atoms with Gasteiger partial charge in [0.25, 0.3) is 0 Å². The Hall–Kier alpha value is -2.10. The minimum atomic E-state index is -0.805. The van der Waals surface area contributed by atoms with Crippen LogP contribution in [0.4, 0.5) is 0 Å². The molecule has 4 heteroatoms. The average Bonchev–Trinajstić information content (AvgIpc) is 2.73. The fraction of sp³-hybridized carbons (Fsp3) is 0.286. The maximum atomic E-state index is 11.2. The Balaban J connectivity index is 2.41. The highest BCUT2D eigenvalue weighted by atomic mass is 16.4. The van der Waals surface area contributed by atoms with Crippen LogP contribution in [0.5, 0.6) is 0 Å². The van der Waals surface area contributed by atoms with Gasteiger partial charge in [0.1, 0.15) is 0 Å². The summed E-state index contributed by atoms with van der Waals surface area (Å²) in [7, 11) is 1.79. The van der Waals surface area contributed by atoms with Crippen LogP contribution in [0.2, 0.25) is 0 Å². The van der Waals surface area contributed by atoms with Gasteiger partial charge >= 0.3 is 5.97 Å². The molecule has 0 spiro atoms. The van der Waals surface area contributed by atoms with Crippen LogP contribution in [0.25, 0.3) is 11.3 Å². The quantitative estimate of drug-likeness (QED) is 0.899. The van der Waals surface area contributed by atoms with Crippen molar-refractivity contribution in [1.29, 1.82) is 0 Å². The molecule has 0 amide bonds. The van der Waals surface area contributed by atoms with Gasteiger partial charge in [-0.25, -0.2) is 0 Å². The summed E-state index contributed by atoms with van der Waals surface area (Å²) in [5.74, 6) is -1.31. The summed E-state index contributed by atoms with van der Waals surface area (Å²) < 4.78 is 1.66. The topological polar surface area (TPSA) is 55.1 Å². The summed E-state index contributed by atoms with van der Waals surface area (Å²) in [4.78, 5) is 11.2. The molecule has 0 radical (unpaired) electrons. The van der Waals surface area contributed by atoms with E-state index in [0.717, 1.165) is 17.0 Å². The molecule has 0 aliphatic carbocycles. The molecule has 4 nitrogen and oxygen atoms in total. The van der Waals surface area contributed by atoms with Crippen LogP contribution in [0.1, 0.15) is 25.0 Å². The predicted molar refractivity (Wildman–Crippen MR) is 69.3 cm³/mol. The first-order chi connectivity index (χ1) is 8.63. The van der Waals surface area contributed by atoms with Crippen molar-refractivity contribution in [3.63, 3.8) is 0 Å². The van der Waals surface area contributed by atoms with Gasteiger partial charge in [-0.05, 0) is 12.5 Å². The molecule has 18 heavy (non-hydrogen) atoms. The van der Waals surface area contributed by atoms with Gasteiger partial charge in [-0.15, -0.1) is 0 Å². The minimum Gasteiger partial charge on any atom is -0.481 e. The molecule has 1 aromatic heterocycles. The second-order valence-electron chi connectivity index (χ2n) is 4.24. The van der Waals surface area contributed by atoms with Crippen LogP contribution in [0, 0.1) is 0 Å². The maximum Gasteiger partial charge on any atom is 0.312 e. The number of carboxylic acid groups (broad SMARTS) is 1. The number of carboxylic acids is 1. The van der Waals surface area contributed by atoms with Gasteiger partial charge in [-0.1, -0.05) is 37.3 Å². The molecule has 0 fully saturated rings. The standard InChI is InChI=1S/C14H16N2O2/c1-3-11(14(17)18)13-9-12(15-16(13)2)10-7-5-4-6-8-10/h4-9,11H,3H2,1-2H3,(H,17,18). The lowest BCUT2D eigenvalue weighted by Gasteiger charge is -2.08. The summed E-state index contributed by atoms with van der Waals surface area (Å²) in [6, 6.07) is 11.6. The maximum absolute atomic E-state index is 11.2. The van der Waals surface area contributed by atoms with Crippen molar-refractivity contribution in [1.82, 2.24) is 9.78 Å². The third-order valence-corrected chi connectivity index (χ3v) is 3.05. The van der Waals surface area contributed by atoms with Gasteiger partial charge in [-0.3, -0.25) is 9.48 Å². The van der Waals surface area contributed by atoms with E-state index in [-0.39, 0.29) is 0 Å². The van der Waals surface area contributed by atoms with Crippen LogP contribution in [0.15, 0.2) is 36.4 Å². The van der Waals surface area contributed by atoms with E-state index in [9.17, 15) is 9.90 Å². The van der Waals surface area contributed by atoms with Gasteiger partial charge in [0.15, 0.2) is 0 Å². The molecule has 1 heterocycles. The second kappa shape index (κ2) is 5.04. The van der Waals surface area contributed by atoms with Crippen molar-refractivity contribution >= 4 is 5.97 Å². The number of nitrogens with zero attached hydrogens (tertiary/aromatic N) is 2. The van der Waals surface area contributed by atoms with E-state index < -0.39 is 11.9 Å². The molecule has 0 aliphatic heterocycles. The Morgan fingerprint density at radius 1 is 1.39 bits per heavy atom. The Kier molecular flexibility index (Phi) is 3.46. The van der Waals surface area contributed by atoms with E-state index in [1.54, 1.807) is 11.7 Å². The normalized spacial score (nSPS) is 12.3. The van der Waals surface area contributed by atoms with Crippen molar-refractivity contribution in [2.45, 2.75) is 19.3 Å². The summed E-state index contributed by atoms with van der Waals surface area (Å²) in [5, 5.41) is 13.6. The van der Waals surface area contributed by atoms with Crippen molar-refractivity contribution in [2.24, 2.45) is 7.05 Å². The molecule has 1 N–H and O–H groups in total. The number of aromatic nitrogens is 2. The van der Waals surface area contributed by atoms with Gasteiger partial charge in [0.2, 0.25) is 0 Å². The highest BCUT2D eigenvalue weighted by Gasteiger charge is 2.22. The first-order valence-electron chi connectivity index (χ1n) is 5.95. The SMILES string of the molecule is CCC(C(=O)O)c1cc(-c2ccccc2)nn1C. The summed E-state index contributed by atoms with van der Waals surface area (Å²) in [6.07, 6.45) is 0.559. The van der Waals surface area contributed by atoms with Gasteiger partial charge < -0.3 is 5.11 Å². The lowest BCUT2D eigenvalue weighted by molar-refractivity contribution is -0.139. The van der Waals surface area contributed by atoms with E-state index in [1.165, 1.54) is 0 Å². The third-order valence-electron chi connectivity index (χ3n) is 3.05. The molecule has 0 aliphatic rings. The van der Waals surface area contributed by atoms with Gasteiger partial charge in [0.05, 0.1) is 17.3 Å². The molecule has 1 unspecified atom stereocenters.